The minimum absolute atomic E-state index is 0.0147. The lowest BCUT2D eigenvalue weighted by Gasteiger charge is -2.12. The summed E-state index contributed by atoms with van der Waals surface area (Å²) < 4.78 is 45.0. The van der Waals surface area contributed by atoms with Crippen LogP contribution in [0.25, 0.3) is 11.0 Å². The molecule has 0 aliphatic heterocycles. The molecule has 164 valence electrons. The van der Waals surface area contributed by atoms with E-state index in [9.17, 15) is 27.9 Å². The fourth-order valence-electron chi connectivity index (χ4n) is 2.98. The number of nitrogens with one attached hydrogen (secondary N) is 1. The Balaban J connectivity index is 1.87. The maximum Gasteiger partial charge on any atom is 0.433 e. The molecule has 0 aliphatic rings. The van der Waals surface area contributed by atoms with Crippen LogP contribution in [0.5, 0.6) is 0 Å². The number of halogens is 3. The number of furan rings is 1. The van der Waals surface area contributed by atoms with Gasteiger partial charge in [-0.3, -0.25) is 14.6 Å². The van der Waals surface area contributed by atoms with Crippen molar-refractivity contribution >= 4 is 34.5 Å². The molecule has 0 aliphatic carbocycles. The van der Waals surface area contributed by atoms with Crippen molar-refractivity contribution in [1.29, 1.82) is 0 Å². The lowest BCUT2D eigenvalue weighted by molar-refractivity contribution is -0.141. The van der Waals surface area contributed by atoms with E-state index < -0.39 is 36.3 Å². The molecule has 1 atom stereocenters. The molecule has 3 aromatic rings. The third-order valence-electron chi connectivity index (χ3n) is 4.45. The number of carbonyl (C=O) groups is 2. The summed E-state index contributed by atoms with van der Waals surface area (Å²) in [6.07, 6.45) is -3.47. The molecule has 0 fully saturated rings. The van der Waals surface area contributed by atoms with E-state index in [1.807, 2.05) is 0 Å². The summed E-state index contributed by atoms with van der Waals surface area (Å²) in [5, 5.41) is 12.0. The number of aromatic nitrogens is 1. The molecule has 2 aromatic heterocycles. The van der Waals surface area contributed by atoms with Gasteiger partial charge in [0.25, 0.3) is 5.91 Å². The van der Waals surface area contributed by atoms with Crippen molar-refractivity contribution in [2.75, 3.05) is 6.61 Å². The maximum atomic E-state index is 13.1. The zero-order chi connectivity index (χ0) is 22.8. The van der Waals surface area contributed by atoms with Crippen LogP contribution in [-0.2, 0) is 16.7 Å². The first-order chi connectivity index (χ1) is 14.6. The second-order valence-electron chi connectivity index (χ2n) is 6.60. The largest absolute Gasteiger partial charge is 0.461 e. The van der Waals surface area contributed by atoms with Crippen molar-refractivity contribution in [3.05, 3.63) is 59.1 Å². The molecular weight excluding hydrogens is 435 g/mol. The van der Waals surface area contributed by atoms with Crippen molar-refractivity contribution in [1.82, 2.24) is 10.3 Å². The number of aliphatic hydroxyl groups excluding tert-OH is 1. The van der Waals surface area contributed by atoms with E-state index in [1.54, 1.807) is 25.1 Å². The van der Waals surface area contributed by atoms with Crippen molar-refractivity contribution in [3.8, 4) is 0 Å². The highest BCUT2D eigenvalue weighted by molar-refractivity contribution is 7.98. The van der Waals surface area contributed by atoms with Gasteiger partial charge in [-0.1, -0.05) is 6.07 Å². The molecule has 0 saturated carbocycles. The van der Waals surface area contributed by atoms with Crippen LogP contribution >= 0.6 is 11.8 Å². The van der Waals surface area contributed by atoms with Crippen LogP contribution in [-0.4, -0.2) is 34.6 Å². The first-order valence-corrected chi connectivity index (χ1v) is 9.98. The molecule has 0 radical (unpaired) electrons. The van der Waals surface area contributed by atoms with Gasteiger partial charge in [0.15, 0.2) is 0 Å². The monoisotopic (exact) mass is 453 g/mol. The molecule has 3 rings (SSSR count). The Labute approximate surface area is 178 Å². The van der Waals surface area contributed by atoms with E-state index in [4.69, 9.17) is 10.2 Å². The quantitative estimate of drug-likeness (QED) is 0.473. The van der Waals surface area contributed by atoms with Crippen molar-refractivity contribution in [2.24, 2.45) is 5.73 Å². The maximum absolute atomic E-state index is 13.1. The number of primary amides is 1. The van der Waals surface area contributed by atoms with Crippen LogP contribution in [0.3, 0.4) is 0 Å². The topological polar surface area (TPSA) is 118 Å². The number of hydrogen-bond donors (Lipinski definition) is 3. The molecule has 0 bridgehead atoms. The molecule has 1 aromatic carbocycles. The number of nitrogens with two attached hydrogens (primary N) is 1. The molecule has 11 heteroatoms. The summed E-state index contributed by atoms with van der Waals surface area (Å²) in [5.74, 6) is -1.26. The molecule has 0 unspecified atom stereocenters. The Morgan fingerprint density at radius 2 is 2.06 bits per heavy atom. The van der Waals surface area contributed by atoms with Gasteiger partial charge in [0.05, 0.1) is 12.2 Å². The number of fused-ring (bicyclic) bond motifs is 1. The molecule has 4 N–H and O–H groups in total. The number of hydrogen-bond acceptors (Lipinski definition) is 6. The third-order valence-corrected chi connectivity index (χ3v) is 5.49. The normalized spacial score (nSPS) is 12.7. The number of thioether (sulfide) groups is 1. The van der Waals surface area contributed by atoms with Gasteiger partial charge in [0.2, 0.25) is 5.91 Å². The minimum Gasteiger partial charge on any atom is -0.461 e. The Kier molecular flexibility index (Phi) is 6.56. The van der Waals surface area contributed by atoms with Crippen molar-refractivity contribution in [2.45, 2.75) is 29.8 Å². The first kappa shape index (κ1) is 22.6. The van der Waals surface area contributed by atoms with E-state index in [-0.39, 0.29) is 22.6 Å². The Morgan fingerprint density at radius 1 is 1.32 bits per heavy atom. The third kappa shape index (κ3) is 5.00. The Morgan fingerprint density at radius 3 is 2.71 bits per heavy atom. The SMILES string of the molecule is Cc1oc2ccc(SCc3cccnc3C(F)(F)F)cc2c1C(=O)N[C@@H](CO)C(N)=O. The van der Waals surface area contributed by atoms with Gasteiger partial charge >= 0.3 is 6.18 Å². The minimum atomic E-state index is -4.56. The van der Waals surface area contributed by atoms with Crippen LogP contribution in [0.15, 0.2) is 45.8 Å². The number of nitrogens with zero attached hydrogens (tertiary/aromatic N) is 1. The highest BCUT2D eigenvalue weighted by atomic mass is 32.2. The fourth-order valence-corrected chi connectivity index (χ4v) is 3.90. The average Bonchev–Trinajstić information content (AvgIpc) is 3.04. The smallest absolute Gasteiger partial charge is 0.433 e. The summed E-state index contributed by atoms with van der Waals surface area (Å²) in [4.78, 5) is 28.0. The van der Waals surface area contributed by atoms with Crippen molar-refractivity contribution in [3.63, 3.8) is 0 Å². The second-order valence-corrected chi connectivity index (χ2v) is 7.65. The van der Waals surface area contributed by atoms with Crippen LogP contribution in [0.2, 0.25) is 0 Å². The number of aliphatic hydroxyl groups is 1. The van der Waals surface area contributed by atoms with Crippen LogP contribution in [0, 0.1) is 6.92 Å². The van der Waals surface area contributed by atoms with Crippen LogP contribution in [0.4, 0.5) is 13.2 Å². The van der Waals surface area contributed by atoms with Gasteiger partial charge in [0, 0.05) is 22.2 Å². The van der Waals surface area contributed by atoms with E-state index >= 15 is 0 Å². The number of rotatable bonds is 7. The fraction of sp³-hybridized carbons (Fsp3) is 0.250. The van der Waals surface area contributed by atoms with Gasteiger partial charge in [-0.25, -0.2) is 0 Å². The molecule has 2 heterocycles. The highest BCUT2D eigenvalue weighted by Crippen LogP contribution is 2.35. The summed E-state index contributed by atoms with van der Waals surface area (Å²) in [6, 6.07) is 6.43. The van der Waals surface area contributed by atoms with E-state index in [0.717, 1.165) is 18.0 Å². The highest BCUT2D eigenvalue weighted by Gasteiger charge is 2.34. The predicted molar refractivity (Wildman–Crippen MR) is 107 cm³/mol. The molecular formula is C20H18F3N3O4S. The molecule has 31 heavy (non-hydrogen) atoms. The van der Waals surface area contributed by atoms with Crippen molar-refractivity contribution < 1.29 is 32.3 Å². The van der Waals surface area contributed by atoms with Gasteiger partial charge < -0.3 is 20.6 Å². The van der Waals surface area contributed by atoms with E-state index in [1.165, 1.54) is 12.1 Å². The first-order valence-electron chi connectivity index (χ1n) is 9.00. The zero-order valence-corrected chi connectivity index (χ0v) is 17.0. The zero-order valence-electron chi connectivity index (χ0n) is 16.2. The summed E-state index contributed by atoms with van der Waals surface area (Å²) in [7, 11) is 0. The number of carbonyl (C=O) groups excluding carboxylic acids is 2. The average molecular weight is 453 g/mol. The molecule has 0 spiro atoms. The Bertz CT molecular complexity index is 1130. The lowest BCUT2D eigenvalue weighted by atomic mass is 10.1. The number of pyridine rings is 1. The predicted octanol–water partition coefficient (Wildman–Crippen LogP) is 3.02. The van der Waals surface area contributed by atoms with Gasteiger partial charge in [-0.2, -0.15) is 13.2 Å². The van der Waals surface area contributed by atoms with E-state index in [2.05, 4.69) is 10.3 Å². The van der Waals surface area contributed by atoms with Crippen LogP contribution < -0.4 is 11.1 Å². The summed E-state index contributed by atoms with van der Waals surface area (Å²) in [5.41, 5.74) is 4.77. The van der Waals surface area contributed by atoms with Gasteiger partial charge in [-0.05, 0) is 36.8 Å². The lowest BCUT2D eigenvalue weighted by Crippen LogP contribution is -2.46. The molecule has 7 nitrogen and oxygen atoms in total. The summed E-state index contributed by atoms with van der Waals surface area (Å²) >= 11 is 1.14. The van der Waals surface area contributed by atoms with Gasteiger partial charge in [0.1, 0.15) is 23.1 Å². The van der Waals surface area contributed by atoms with Crippen LogP contribution in [0.1, 0.15) is 27.4 Å². The number of amides is 2. The molecule has 0 saturated heterocycles. The van der Waals surface area contributed by atoms with Gasteiger partial charge in [-0.15, -0.1) is 11.8 Å². The second kappa shape index (κ2) is 8.98. The van der Waals surface area contributed by atoms with E-state index in [0.29, 0.717) is 15.9 Å². The number of aryl methyl sites for hydroxylation is 1. The standard InChI is InChI=1S/C20H18F3N3O4S/c1-10-16(19(29)26-14(8-27)18(24)28)13-7-12(4-5-15(13)30-10)31-9-11-3-2-6-25-17(11)20(21,22)23/h2-7,14,27H,8-9H2,1H3,(H2,24,28)(H,26,29)/t14-/m0/s1. The number of alkyl halides is 3. The number of benzene rings is 1. The summed E-state index contributed by atoms with van der Waals surface area (Å²) in [6.45, 7) is 0.898. The molecule has 2 amide bonds. The Hall–Kier alpha value is -3.05.